The Kier molecular flexibility index (Phi) is 7.68. The molecule has 1 N–H and O–H groups in total. The molecule has 0 fully saturated rings. The molecule has 9 heteroatoms. The van der Waals surface area contributed by atoms with Crippen molar-refractivity contribution in [2.45, 2.75) is 18.7 Å². The first-order valence-electron chi connectivity index (χ1n) is 8.68. The highest BCUT2D eigenvalue weighted by atomic mass is 35.5. The quantitative estimate of drug-likeness (QED) is 0.664. The minimum atomic E-state index is -3.66. The number of hydrogen-bond donors (Lipinski definition) is 1. The minimum absolute atomic E-state index is 0.0749. The molecule has 0 radical (unpaired) electrons. The van der Waals surface area contributed by atoms with Crippen molar-refractivity contribution in [3.8, 4) is 11.5 Å². The van der Waals surface area contributed by atoms with E-state index in [1.54, 1.807) is 38.1 Å². The molecule has 28 heavy (non-hydrogen) atoms. The first-order valence-corrected chi connectivity index (χ1v) is 10.5. The van der Waals surface area contributed by atoms with Gasteiger partial charge in [0.2, 0.25) is 10.0 Å². The third-order valence-corrected chi connectivity index (χ3v) is 6.27. The van der Waals surface area contributed by atoms with Crippen LogP contribution in [0.3, 0.4) is 0 Å². The van der Waals surface area contributed by atoms with Crippen LogP contribution in [0.25, 0.3) is 0 Å². The lowest BCUT2D eigenvalue weighted by atomic mass is 10.3. The van der Waals surface area contributed by atoms with Gasteiger partial charge in [-0.1, -0.05) is 25.4 Å². The van der Waals surface area contributed by atoms with Crippen LogP contribution in [-0.4, -0.2) is 45.4 Å². The van der Waals surface area contributed by atoms with Crippen LogP contribution in [0.1, 0.15) is 13.8 Å². The topological polar surface area (TPSA) is 84.9 Å². The van der Waals surface area contributed by atoms with E-state index in [2.05, 4.69) is 5.32 Å². The Morgan fingerprint density at radius 2 is 1.75 bits per heavy atom. The summed E-state index contributed by atoms with van der Waals surface area (Å²) >= 11 is 5.81. The fourth-order valence-electron chi connectivity index (χ4n) is 2.52. The third-order valence-electron chi connectivity index (χ3n) is 3.97. The molecule has 2 aromatic carbocycles. The van der Waals surface area contributed by atoms with E-state index in [9.17, 15) is 13.2 Å². The van der Waals surface area contributed by atoms with Gasteiger partial charge in [-0.2, -0.15) is 4.31 Å². The number of ether oxygens (including phenoxy) is 2. The second kappa shape index (κ2) is 9.77. The Balaban J connectivity index is 2.17. The highest BCUT2D eigenvalue weighted by molar-refractivity contribution is 7.89. The number of methoxy groups -OCH3 is 1. The smallest absolute Gasteiger partial charge is 0.262 e. The number of halogens is 1. The molecule has 0 saturated carbocycles. The second-order valence-corrected chi connectivity index (χ2v) is 8.12. The summed E-state index contributed by atoms with van der Waals surface area (Å²) in [6.45, 7) is 3.98. The monoisotopic (exact) mass is 426 g/mol. The van der Waals surface area contributed by atoms with E-state index in [4.69, 9.17) is 21.1 Å². The van der Waals surface area contributed by atoms with E-state index in [1.807, 2.05) is 0 Å². The molecular formula is C19H23ClN2O5S. The fourth-order valence-corrected chi connectivity index (χ4v) is 4.13. The maximum atomic E-state index is 12.7. The number of benzene rings is 2. The predicted octanol–water partition coefficient (Wildman–Crippen LogP) is 3.40. The van der Waals surface area contributed by atoms with Crippen molar-refractivity contribution in [2.75, 3.05) is 32.1 Å². The Morgan fingerprint density at radius 3 is 2.32 bits per heavy atom. The number of hydrogen-bond acceptors (Lipinski definition) is 5. The van der Waals surface area contributed by atoms with Gasteiger partial charge < -0.3 is 14.8 Å². The molecule has 0 spiro atoms. The predicted molar refractivity (Wildman–Crippen MR) is 109 cm³/mol. The number of nitrogens with one attached hydrogen (secondary N) is 1. The summed E-state index contributed by atoms with van der Waals surface area (Å²) in [5, 5.41) is 3.20. The second-order valence-electron chi connectivity index (χ2n) is 5.74. The zero-order chi connectivity index (χ0) is 20.7. The van der Waals surface area contributed by atoms with Crippen LogP contribution in [-0.2, 0) is 14.8 Å². The Morgan fingerprint density at radius 1 is 1.11 bits per heavy atom. The molecular weight excluding hydrogens is 404 g/mol. The van der Waals surface area contributed by atoms with Gasteiger partial charge >= 0.3 is 0 Å². The molecule has 2 aromatic rings. The highest BCUT2D eigenvalue weighted by Gasteiger charge is 2.23. The van der Waals surface area contributed by atoms with Crippen LogP contribution in [0.2, 0.25) is 5.02 Å². The lowest BCUT2D eigenvalue weighted by molar-refractivity contribution is -0.118. The summed E-state index contributed by atoms with van der Waals surface area (Å²) in [4.78, 5) is 12.3. The van der Waals surface area contributed by atoms with Gasteiger partial charge in [0.25, 0.3) is 5.91 Å². The molecule has 0 aromatic heterocycles. The average molecular weight is 427 g/mol. The summed E-state index contributed by atoms with van der Waals surface area (Å²) < 4.78 is 37.4. The van der Waals surface area contributed by atoms with E-state index in [-0.39, 0.29) is 17.2 Å². The number of amides is 1. The molecule has 0 bridgehead atoms. The molecule has 0 aliphatic carbocycles. The van der Waals surface area contributed by atoms with Gasteiger partial charge in [0.1, 0.15) is 11.5 Å². The number of carbonyl (C=O) groups excluding carboxylic acids is 1. The van der Waals surface area contributed by atoms with E-state index in [0.29, 0.717) is 29.6 Å². The fraction of sp³-hybridized carbons (Fsp3) is 0.316. The Bertz CT molecular complexity index is 912. The molecule has 2 rings (SSSR count). The van der Waals surface area contributed by atoms with Crippen LogP contribution in [0.5, 0.6) is 11.5 Å². The van der Waals surface area contributed by atoms with Crippen LogP contribution >= 0.6 is 11.6 Å². The van der Waals surface area contributed by atoms with Crippen molar-refractivity contribution in [2.24, 2.45) is 0 Å². The molecule has 152 valence electrons. The molecule has 1 amide bonds. The standard InChI is InChI=1S/C19H23ClN2O5S/c1-4-22(5-2)28(24,25)16-10-11-18(26-3)17(12-16)21-19(23)13-27-15-8-6-14(20)7-9-15/h6-12H,4-5,13H2,1-3H3,(H,21,23). The third kappa shape index (κ3) is 5.37. The van der Waals surface area contributed by atoms with Gasteiger partial charge in [-0.15, -0.1) is 0 Å². The van der Waals surface area contributed by atoms with Crippen molar-refractivity contribution in [3.05, 3.63) is 47.5 Å². The number of rotatable bonds is 9. The molecule has 0 unspecified atom stereocenters. The van der Waals surface area contributed by atoms with Crippen LogP contribution in [0.15, 0.2) is 47.4 Å². The summed E-state index contributed by atoms with van der Waals surface area (Å²) in [7, 11) is -2.22. The van der Waals surface area contributed by atoms with E-state index in [1.165, 1.54) is 29.6 Å². The van der Waals surface area contributed by atoms with Crippen LogP contribution in [0.4, 0.5) is 5.69 Å². The maximum Gasteiger partial charge on any atom is 0.262 e. The normalized spacial score (nSPS) is 11.3. The summed E-state index contributed by atoms with van der Waals surface area (Å²) in [6, 6.07) is 10.9. The van der Waals surface area contributed by atoms with Crippen molar-refractivity contribution in [3.63, 3.8) is 0 Å². The molecule has 0 aliphatic heterocycles. The van der Waals surface area contributed by atoms with Crippen molar-refractivity contribution >= 4 is 33.2 Å². The number of anilines is 1. The summed E-state index contributed by atoms with van der Waals surface area (Å²) in [5.74, 6) is 0.383. The van der Waals surface area contributed by atoms with Gasteiger partial charge in [0, 0.05) is 18.1 Å². The van der Waals surface area contributed by atoms with Gasteiger partial charge in [0.05, 0.1) is 17.7 Å². The summed E-state index contributed by atoms with van der Waals surface area (Å²) in [6.07, 6.45) is 0. The highest BCUT2D eigenvalue weighted by Crippen LogP contribution is 2.29. The van der Waals surface area contributed by atoms with Crippen molar-refractivity contribution < 1.29 is 22.7 Å². The lowest BCUT2D eigenvalue weighted by Crippen LogP contribution is -2.30. The van der Waals surface area contributed by atoms with Gasteiger partial charge in [-0.3, -0.25) is 4.79 Å². The van der Waals surface area contributed by atoms with Gasteiger partial charge in [-0.05, 0) is 42.5 Å². The minimum Gasteiger partial charge on any atom is -0.495 e. The van der Waals surface area contributed by atoms with E-state index >= 15 is 0 Å². The number of sulfonamides is 1. The molecule has 7 nitrogen and oxygen atoms in total. The van der Waals surface area contributed by atoms with E-state index < -0.39 is 15.9 Å². The van der Waals surface area contributed by atoms with Crippen molar-refractivity contribution in [1.82, 2.24) is 4.31 Å². The molecule has 0 heterocycles. The first kappa shape index (κ1) is 22.0. The zero-order valence-electron chi connectivity index (χ0n) is 15.9. The van der Waals surface area contributed by atoms with E-state index in [0.717, 1.165) is 0 Å². The average Bonchev–Trinajstić information content (AvgIpc) is 2.68. The SMILES string of the molecule is CCN(CC)S(=O)(=O)c1ccc(OC)c(NC(=O)COc2ccc(Cl)cc2)c1. The van der Waals surface area contributed by atoms with Crippen molar-refractivity contribution in [1.29, 1.82) is 0 Å². The zero-order valence-corrected chi connectivity index (χ0v) is 17.5. The molecule has 0 aliphatic rings. The molecule has 0 saturated heterocycles. The maximum absolute atomic E-state index is 12.7. The number of carbonyl (C=O) groups is 1. The number of nitrogens with zero attached hydrogens (tertiary/aromatic N) is 1. The van der Waals surface area contributed by atoms with Gasteiger partial charge in [-0.25, -0.2) is 8.42 Å². The lowest BCUT2D eigenvalue weighted by Gasteiger charge is -2.19. The Hall–Kier alpha value is -2.29. The molecule has 0 atom stereocenters. The largest absolute Gasteiger partial charge is 0.495 e. The first-order chi connectivity index (χ1) is 13.3. The summed E-state index contributed by atoms with van der Waals surface area (Å²) in [5.41, 5.74) is 0.250. The van der Waals surface area contributed by atoms with Gasteiger partial charge in [0.15, 0.2) is 6.61 Å². The van der Waals surface area contributed by atoms with Crippen LogP contribution in [0, 0.1) is 0 Å². The Labute approximate surface area is 170 Å². The van der Waals surface area contributed by atoms with Crippen LogP contribution < -0.4 is 14.8 Å².